The molecule has 5 heteroatoms. The van der Waals surface area contributed by atoms with Gasteiger partial charge in [0.15, 0.2) is 5.78 Å². The molecule has 0 radical (unpaired) electrons. The highest BCUT2D eigenvalue weighted by Gasteiger charge is 2.13. The highest BCUT2D eigenvalue weighted by atomic mass is 16.1. The monoisotopic (exact) mass is 254 g/mol. The van der Waals surface area contributed by atoms with Gasteiger partial charge >= 0.3 is 0 Å². The third-order valence-electron chi connectivity index (χ3n) is 3.32. The van der Waals surface area contributed by atoms with Gasteiger partial charge in [-0.25, -0.2) is 4.98 Å². The van der Waals surface area contributed by atoms with Gasteiger partial charge in [-0.3, -0.25) is 4.79 Å². The number of nitrogens with two attached hydrogens (primary N) is 2. The van der Waals surface area contributed by atoms with Crippen molar-refractivity contribution >= 4 is 34.0 Å². The maximum absolute atomic E-state index is 11.5. The minimum Gasteiger partial charge on any atom is -0.383 e. The molecule has 1 heterocycles. The number of hydrogen-bond acceptors (Lipinski definition) is 5. The lowest BCUT2D eigenvalue weighted by Gasteiger charge is -2.13. The van der Waals surface area contributed by atoms with E-state index in [0.717, 1.165) is 29.4 Å². The molecular formula is C14H14N4O. The summed E-state index contributed by atoms with van der Waals surface area (Å²) in [4.78, 5) is 19.6. The van der Waals surface area contributed by atoms with Crippen molar-refractivity contribution in [3.63, 3.8) is 0 Å². The maximum atomic E-state index is 11.5. The van der Waals surface area contributed by atoms with Gasteiger partial charge in [-0.1, -0.05) is 6.07 Å². The van der Waals surface area contributed by atoms with Gasteiger partial charge in [0.25, 0.3) is 0 Å². The number of hydrogen-bond donors (Lipinski definition) is 2. The van der Waals surface area contributed by atoms with Crippen LogP contribution >= 0.6 is 0 Å². The number of benzene rings is 1. The Morgan fingerprint density at radius 2 is 1.95 bits per heavy atom. The number of carbonyl (C=O) groups excluding carboxylic acids is 1. The summed E-state index contributed by atoms with van der Waals surface area (Å²) in [6, 6.07) is 5.73. The zero-order valence-electron chi connectivity index (χ0n) is 10.4. The minimum atomic E-state index is 0.163. The highest BCUT2D eigenvalue weighted by Crippen LogP contribution is 2.28. The zero-order valence-corrected chi connectivity index (χ0v) is 10.4. The van der Waals surface area contributed by atoms with Crippen LogP contribution in [0.5, 0.6) is 0 Å². The molecule has 19 heavy (non-hydrogen) atoms. The Morgan fingerprint density at radius 3 is 2.74 bits per heavy atom. The molecule has 0 amide bonds. The van der Waals surface area contributed by atoms with Crippen LogP contribution in [0.4, 0.5) is 11.8 Å². The third-order valence-corrected chi connectivity index (χ3v) is 3.32. The van der Waals surface area contributed by atoms with E-state index < -0.39 is 0 Å². The summed E-state index contributed by atoms with van der Waals surface area (Å²) < 4.78 is 0. The Balaban J connectivity index is 2.14. The van der Waals surface area contributed by atoms with Gasteiger partial charge in [0.05, 0.1) is 5.52 Å². The SMILES string of the molecule is Nc1nc(N)c2ccc(C3=CC(=O)CCC3)cc2n1. The normalized spacial score (nSPS) is 15.6. The Morgan fingerprint density at radius 1 is 1.11 bits per heavy atom. The van der Waals surface area contributed by atoms with Crippen LogP contribution in [0.25, 0.3) is 16.5 Å². The van der Waals surface area contributed by atoms with E-state index in [4.69, 9.17) is 11.5 Å². The quantitative estimate of drug-likeness (QED) is 0.810. The van der Waals surface area contributed by atoms with Crippen molar-refractivity contribution in [1.29, 1.82) is 0 Å². The summed E-state index contributed by atoms with van der Waals surface area (Å²) in [7, 11) is 0. The van der Waals surface area contributed by atoms with E-state index in [-0.39, 0.29) is 11.7 Å². The Bertz CT molecular complexity index is 706. The Kier molecular flexibility index (Phi) is 2.67. The van der Waals surface area contributed by atoms with Crippen LogP contribution in [0.15, 0.2) is 24.3 Å². The van der Waals surface area contributed by atoms with Crippen LogP contribution in [0.2, 0.25) is 0 Å². The van der Waals surface area contributed by atoms with Gasteiger partial charge in [0, 0.05) is 11.8 Å². The van der Waals surface area contributed by atoms with Crippen LogP contribution in [0.3, 0.4) is 0 Å². The number of carbonyl (C=O) groups is 1. The molecule has 4 N–H and O–H groups in total. The zero-order chi connectivity index (χ0) is 13.4. The van der Waals surface area contributed by atoms with Crippen LogP contribution in [-0.2, 0) is 4.79 Å². The average Bonchev–Trinajstić information content (AvgIpc) is 2.37. The van der Waals surface area contributed by atoms with E-state index in [9.17, 15) is 4.79 Å². The molecule has 0 saturated carbocycles. The number of nitrogens with zero attached hydrogens (tertiary/aromatic N) is 2. The van der Waals surface area contributed by atoms with Gasteiger partial charge in [0.1, 0.15) is 5.82 Å². The Labute approximate surface area is 110 Å². The molecule has 0 bridgehead atoms. The standard InChI is InChI=1S/C14H14N4O/c15-13-11-5-4-9(7-12(11)17-14(16)18-13)8-2-1-3-10(19)6-8/h4-7H,1-3H2,(H4,15,16,17,18). The van der Waals surface area contributed by atoms with E-state index in [1.54, 1.807) is 6.08 Å². The number of aromatic nitrogens is 2. The topological polar surface area (TPSA) is 94.9 Å². The average molecular weight is 254 g/mol. The first-order chi connectivity index (χ1) is 9.13. The molecule has 1 aromatic carbocycles. The van der Waals surface area contributed by atoms with Crippen LogP contribution < -0.4 is 11.5 Å². The second-order valence-electron chi connectivity index (χ2n) is 4.69. The van der Waals surface area contributed by atoms with Crippen molar-refractivity contribution in [3.05, 3.63) is 29.8 Å². The summed E-state index contributed by atoms with van der Waals surface area (Å²) in [5.74, 6) is 0.724. The number of anilines is 2. The molecule has 0 spiro atoms. The Hall–Kier alpha value is -2.43. The largest absolute Gasteiger partial charge is 0.383 e. The molecule has 96 valence electrons. The first-order valence-corrected chi connectivity index (χ1v) is 6.20. The minimum absolute atomic E-state index is 0.163. The van der Waals surface area contributed by atoms with Crippen molar-refractivity contribution in [3.8, 4) is 0 Å². The van der Waals surface area contributed by atoms with Gasteiger partial charge in [-0.2, -0.15) is 4.98 Å². The van der Waals surface area contributed by atoms with E-state index in [1.165, 1.54) is 0 Å². The van der Waals surface area contributed by atoms with Crippen LogP contribution in [-0.4, -0.2) is 15.8 Å². The first kappa shape index (κ1) is 11.6. The van der Waals surface area contributed by atoms with Gasteiger partial charge in [-0.15, -0.1) is 0 Å². The second kappa shape index (κ2) is 4.35. The highest BCUT2D eigenvalue weighted by molar-refractivity contribution is 5.99. The van der Waals surface area contributed by atoms with E-state index in [0.29, 0.717) is 17.8 Å². The molecule has 0 fully saturated rings. The number of rotatable bonds is 1. The fraction of sp³-hybridized carbons (Fsp3) is 0.214. The van der Waals surface area contributed by atoms with E-state index in [2.05, 4.69) is 9.97 Å². The molecule has 5 nitrogen and oxygen atoms in total. The van der Waals surface area contributed by atoms with Crippen molar-refractivity contribution in [2.75, 3.05) is 11.5 Å². The molecule has 0 atom stereocenters. The fourth-order valence-electron chi connectivity index (χ4n) is 2.39. The number of ketones is 1. The molecule has 3 rings (SSSR count). The fourth-order valence-corrected chi connectivity index (χ4v) is 2.39. The third kappa shape index (κ3) is 2.14. The van der Waals surface area contributed by atoms with Crippen LogP contribution in [0.1, 0.15) is 24.8 Å². The molecule has 0 unspecified atom stereocenters. The molecule has 1 aromatic heterocycles. The summed E-state index contributed by atoms with van der Waals surface area (Å²) in [6.07, 6.45) is 4.17. The lowest BCUT2D eigenvalue weighted by atomic mass is 9.92. The summed E-state index contributed by atoms with van der Waals surface area (Å²) in [6.45, 7) is 0. The van der Waals surface area contributed by atoms with Crippen molar-refractivity contribution < 1.29 is 4.79 Å². The van der Waals surface area contributed by atoms with E-state index in [1.807, 2.05) is 18.2 Å². The van der Waals surface area contributed by atoms with Crippen molar-refractivity contribution in [1.82, 2.24) is 9.97 Å². The predicted octanol–water partition coefficient (Wildman–Crippen LogP) is 1.93. The molecule has 0 aliphatic heterocycles. The van der Waals surface area contributed by atoms with Crippen LogP contribution in [0, 0.1) is 0 Å². The van der Waals surface area contributed by atoms with Crippen molar-refractivity contribution in [2.45, 2.75) is 19.3 Å². The lowest BCUT2D eigenvalue weighted by molar-refractivity contribution is -0.114. The first-order valence-electron chi connectivity index (χ1n) is 6.20. The van der Waals surface area contributed by atoms with Gasteiger partial charge in [-0.05, 0) is 42.2 Å². The smallest absolute Gasteiger partial charge is 0.222 e. The lowest BCUT2D eigenvalue weighted by Crippen LogP contribution is -2.03. The summed E-state index contributed by atoms with van der Waals surface area (Å²) in [5.41, 5.74) is 14.2. The molecule has 2 aromatic rings. The number of allylic oxidation sites excluding steroid dienone is 2. The van der Waals surface area contributed by atoms with Crippen molar-refractivity contribution in [2.24, 2.45) is 0 Å². The van der Waals surface area contributed by atoms with Gasteiger partial charge < -0.3 is 11.5 Å². The van der Waals surface area contributed by atoms with Gasteiger partial charge in [0.2, 0.25) is 5.95 Å². The second-order valence-corrected chi connectivity index (χ2v) is 4.69. The summed E-state index contributed by atoms with van der Waals surface area (Å²) in [5, 5.41) is 0.778. The number of nitrogen functional groups attached to an aromatic ring is 2. The molecule has 1 aliphatic carbocycles. The predicted molar refractivity (Wildman–Crippen MR) is 75.2 cm³/mol. The molecule has 1 aliphatic rings. The molecular weight excluding hydrogens is 240 g/mol. The maximum Gasteiger partial charge on any atom is 0.222 e. The molecule has 0 saturated heterocycles. The number of fused-ring (bicyclic) bond motifs is 1. The summed E-state index contributed by atoms with van der Waals surface area (Å²) >= 11 is 0. The van der Waals surface area contributed by atoms with E-state index >= 15 is 0 Å².